The first-order valence-corrected chi connectivity index (χ1v) is 10.2. The highest BCUT2D eigenvalue weighted by Gasteiger charge is 2.26. The van der Waals surface area contributed by atoms with Crippen LogP contribution in [0.5, 0.6) is 5.75 Å². The molecule has 3 rings (SSSR count). The van der Waals surface area contributed by atoms with Crippen LogP contribution in [0.15, 0.2) is 48.5 Å². The number of benzene rings is 2. The zero-order valence-electron chi connectivity index (χ0n) is 16.5. The van der Waals surface area contributed by atoms with Crippen molar-refractivity contribution in [2.24, 2.45) is 0 Å². The Balaban J connectivity index is 1.73. The molecule has 5 nitrogen and oxygen atoms in total. The maximum atomic E-state index is 13.1. The van der Waals surface area contributed by atoms with Crippen LogP contribution in [0.4, 0.5) is 5.69 Å². The van der Waals surface area contributed by atoms with Gasteiger partial charge < -0.3 is 15.4 Å². The number of ether oxygens (including phenoxy) is 1. The van der Waals surface area contributed by atoms with E-state index in [9.17, 15) is 4.79 Å². The highest BCUT2D eigenvalue weighted by Crippen LogP contribution is 2.28. The predicted octanol–water partition coefficient (Wildman–Crippen LogP) is 4.10. The van der Waals surface area contributed by atoms with Gasteiger partial charge in [0.2, 0.25) is 5.91 Å². The van der Waals surface area contributed by atoms with E-state index in [4.69, 9.17) is 16.3 Å². The third-order valence-corrected chi connectivity index (χ3v) is 5.57. The van der Waals surface area contributed by atoms with Crippen molar-refractivity contribution >= 4 is 23.2 Å². The molecular weight excluding hydrogens is 374 g/mol. The first-order chi connectivity index (χ1) is 13.6. The molecule has 0 aromatic heterocycles. The van der Waals surface area contributed by atoms with Gasteiger partial charge >= 0.3 is 0 Å². The largest absolute Gasteiger partial charge is 0.495 e. The number of carbonyl (C=O) groups is 1. The number of likely N-dealkylation sites (tertiary alicyclic amines) is 1. The van der Waals surface area contributed by atoms with Crippen molar-refractivity contribution in [1.29, 1.82) is 0 Å². The molecule has 1 saturated heterocycles. The average molecular weight is 402 g/mol. The number of amides is 1. The van der Waals surface area contributed by atoms with Crippen LogP contribution >= 0.6 is 11.6 Å². The first-order valence-electron chi connectivity index (χ1n) is 9.79. The van der Waals surface area contributed by atoms with Gasteiger partial charge in [-0.25, -0.2) is 0 Å². The molecule has 2 atom stereocenters. The number of hydrogen-bond donors (Lipinski definition) is 2. The molecule has 1 fully saturated rings. The number of rotatable bonds is 8. The molecule has 150 valence electrons. The summed E-state index contributed by atoms with van der Waals surface area (Å²) in [6.07, 6.45) is 2.38. The molecule has 1 aliphatic heterocycles. The van der Waals surface area contributed by atoms with Gasteiger partial charge in [-0.3, -0.25) is 9.69 Å². The summed E-state index contributed by atoms with van der Waals surface area (Å²) in [4.78, 5) is 15.5. The molecular formula is C22H28ClN3O2. The summed E-state index contributed by atoms with van der Waals surface area (Å²) in [6.45, 7) is 5.14. The van der Waals surface area contributed by atoms with Crippen molar-refractivity contribution in [2.75, 3.05) is 32.1 Å². The molecule has 28 heavy (non-hydrogen) atoms. The fourth-order valence-electron chi connectivity index (χ4n) is 3.76. The normalized spacial score (nSPS) is 18.0. The van der Waals surface area contributed by atoms with Crippen molar-refractivity contribution in [2.45, 2.75) is 31.8 Å². The monoisotopic (exact) mass is 401 g/mol. The van der Waals surface area contributed by atoms with Gasteiger partial charge in [-0.1, -0.05) is 48.9 Å². The Bertz CT molecular complexity index is 785. The number of anilines is 1. The minimum absolute atomic E-state index is 0.103. The second-order valence-electron chi connectivity index (χ2n) is 7.02. The van der Waals surface area contributed by atoms with Gasteiger partial charge in [0.25, 0.3) is 0 Å². The Morgan fingerprint density at radius 1 is 1.29 bits per heavy atom. The zero-order chi connectivity index (χ0) is 19.9. The molecule has 2 aromatic carbocycles. The summed E-state index contributed by atoms with van der Waals surface area (Å²) in [5.74, 6) is 0.478. The molecule has 0 aliphatic carbocycles. The van der Waals surface area contributed by atoms with Gasteiger partial charge in [0.15, 0.2) is 0 Å². The minimum Gasteiger partial charge on any atom is -0.495 e. The molecule has 1 heterocycles. The predicted molar refractivity (Wildman–Crippen MR) is 114 cm³/mol. The summed E-state index contributed by atoms with van der Waals surface area (Å²) in [5, 5.41) is 6.93. The van der Waals surface area contributed by atoms with E-state index in [1.165, 1.54) is 6.42 Å². The summed E-state index contributed by atoms with van der Waals surface area (Å²) >= 11 is 6.19. The highest BCUT2D eigenvalue weighted by molar-refractivity contribution is 6.32. The van der Waals surface area contributed by atoms with E-state index in [0.29, 0.717) is 22.5 Å². The quantitative estimate of drug-likeness (QED) is 0.699. The van der Waals surface area contributed by atoms with E-state index in [-0.39, 0.29) is 5.91 Å². The third kappa shape index (κ3) is 5.04. The zero-order valence-corrected chi connectivity index (χ0v) is 17.2. The van der Waals surface area contributed by atoms with Crippen LogP contribution in [0, 0.1) is 0 Å². The van der Waals surface area contributed by atoms with Crippen LogP contribution in [0.2, 0.25) is 5.02 Å². The highest BCUT2D eigenvalue weighted by atomic mass is 35.5. The van der Waals surface area contributed by atoms with Crippen molar-refractivity contribution < 1.29 is 9.53 Å². The second-order valence-corrected chi connectivity index (χ2v) is 7.42. The number of carbonyl (C=O) groups excluding carboxylic acids is 1. The van der Waals surface area contributed by atoms with Crippen LogP contribution in [0.3, 0.4) is 0 Å². The lowest BCUT2D eigenvalue weighted by molar-refractivity contribution is -0.118. The Hall–Kier alpha value is -2.08. The molecule has 0 saturated carbocycles. The van der Waals surface area contributed by atoms with Crippen LogP contribution in [-0.4, -0.2) is 43.6 Å². The van der Waals surface area contributed by atoms with Gasteiger partial charge in [-0.15, -0.1) is 0 Å². The van der Waals surface area contributed by atoms with Crippen molar-refractivity contribution in [3.8, 4) is 5.75 Å². The number of nitrogens with one attached hydrogen (secondary N) is 2. The van der Waals surface area contributed by atoms with E-state index in [2.05, 4.69) is 22.5 Å². The summed E-state index contributed by atoms with van der Waals surface area (Å²) < 4.78 is 5.18. The average Bonchev–Trinajstić information content (AvgIpc) is 3.17. The van der Waals surface area contributed by atoms with Crippen LogP contribution in [-0.2, 0) is 4.79 Å². The fourth-order valence-corrected chi connectivity index (χ4v) is 4.02. The van der Waals surface area contributed by atoms with E-state index in [0.717, 1.165) is 31.6 Å². The molecule has 2 aromatic rings. The lowest BCUT2D eigenvalue weighted by atomic mass is 10.1. The topological polar surface area (TPSA) is 53.6 Å². The summed E-state index contributed by atoms with van der Waals surface area (Å²) in [6, 6.07) is 15.1. The molecule has 0 spiro atoms. The van der Waals surface area contributed by atoms with Crippen LogP contribution < -0.4 is 15.4 Å². The summed E-state index contributed by atoms with van der Waals surface area (Å²) in [5.41, 5.74) is 1.59. The summed E-state index contributed by atoms with van der Waals surface area (Å²) in [7, 11) is 1.57. The molecule has 0 radical (unpaired) electrons. The number of halogens is 1. The fraction of sp³-hybridized carbons (Fsp3) is 0.409. The maximum Gasteiger partial charge on any atom is 0.246 e. The third-order valence-electron chi connectivity index (χ3n) is 5.28. The van der Waals surface area contributed by atoms with E-state index < -0.39 is 6.04 Å². The van der Waals surface area contributed by atoms with Crippen molar-refractivity contribution in [3.63, 3.8) is 0 Å². The molecule has 1 amide bonds. The molecule has 2 N–H and O–H groups in total. The molecule has 0 bridgehead atoms. The van der Waals surface area contributed by atoms with Gasteiger partial charge in [0, 0.05) is 18.3 Å². The first kappa shape index (κ1) is 20.6. The Morgan fingerprint density at radius 3 is 2.75 bits per heavy atom. The van der Waals surface area contributed by atoms with Gasteiger partial charge in [-0.05, 0) is 49.7 Å². The van der Waals surface area contributed by atoms with Crippen molar-refractivity contribution in [1.82, 2.24) is 10.2 Å². The smallest absolute Gasteiger partial charge is 0.246 e. The maximum absolute atomic E-state index is 13.1. The lowest BCUT2D eigenvalue weighted by Crippen LogP contribution is -2.42. The Morgan fingerprint density at radius 2 is 2.07 bits per heavy atom. The van der Waals surface area contributed by atoms with E-state index >= 15 is 0 Å². The van der Waals surface area contributed by atoms with Gasteiger partial charge in [-0.2, -0.15) is 0 Å². The van der Waals surface area contributed by atoms with Gasteiger partial charge in [0.05, 0.1) is 12.1 Å². The standard InChI is InChI=1S/C22H28ClN3O2/c1-3-26-13-7-10-18(26)15-24-21(16-8-5-4-6-9-16)22(27)25-17-11-12-20(28-2)19(23)14-17/h4-6,8-9,11-12,14,18,21,24H,3,7,10,13,15H2,1-2H3,(H,25,27). The minimum atomic E-state index is -0.429. The Kier molecular flexibility index (Phi) is 7.31. The SMILES string of the molecule is CCN1CCCC1CNC(C(=O)Nc1ccc(OC)c(Cl)c1)c1ccccc1. The van der Waals surface area contributed by atoms with E-state index in [1.807, 2.05) is 30.3 Å². The number of nitrogens with zero attached hydrogens (tertiary/aromatic N) is 1. The molecule has 6 heteroatoms. The van der Waals surface area contributed by atoms with Crippen molar-refractivity contribution in [3.05, 3.63) is 59.1 Å². The van der Waals surface area contributed by atoms with E-state index in [1.54, 1.807) is 25.3 Å². The number of methoxy groups -OCH3 is 1. The molecule has 1 aliphatic rings. The molecule has 2 unspecified atom stereocenters. The van der Waals surface area contributed by atoms with Gasteiger partial charge in [0.1, 0.15) is 11.8 Å². The number of likely N-dealkylation sites (N-methyl/N-ethyl adjacent to an activating group) is 1. The number of hydrogen-bond acceptors (Lipinski definition) is 4. The Labute approximate surface area is 172 Å². The lowest BCUT2D eigenvalue weighted by Gasteiger charge is -2.26. The van der Waals surface area contributed by atoms with Crippen LogP contribution in [0.1, 0.15) is 31.4 Å². The second kappa shape index (κ2) is 9.92. The van der Waals surface area contributed by atoms with Crippen LogP contribution in [0.25, 0.3) is 0 Å².